The van der Waals surface area contributed by atoms with Crippen LogP contribution in [0.5, 0.6) is 11.5 Å². The summed E-state index contributed by atoms with van der Waals surface area (Å²) in [6.07, 6.45) is 0. The third-order valence-electron chi connectivity index (χ3n) is 6.07. The maximum absolute atomic E-state index is 12.6. The summed E-state index contributed by atoms with van der Waals surface area (Å²) >= 11 is 3.55. The van der Waals surface area contributed by atoms with Gasteiger partial charge in [-0.15, -0.1) is 0 Å². The van der Waals surface area contributed by atoms with Crippen molar-refractivity contribution < 1.29 is 18.8 Å². The van der Waals surface area contributed by atoms with Crippen molar-refractivity contribution in [1.82, 2.24) is 10.5 Å². The summed E-state index contributed by atoms with van der Waals surface area (Å²) in [7, 11) is 0. The minimum atomic E-state index is -0.322. The summed E-state index contributed by atoms with van der Waals surface area (Å²) in [5.74, 6) is 1.28. The van der Waals surface area contributed by atoms with E-state index >= 15 is 0 Å². The van der Waals surface area contributed by atoms with Crippen molar-refractivity contribution in [2.75, 3.05) is 6.54 Å². The molecule has 0 aliphatic carbocycles. The summed E-state index contributed by atoms with van der Waals surface area (Å²) in [6, 6.07) is 33.7. The van der Waals surface area contributed by atoms with Gasteiger partial charge >= 0.3 is 0 Å². The number of nitrogens with zero attached hydrogens (tertiary/aromatic N) is 1. The minimum Gasteiger partial charge on any atom is -0.488 e. The highest BCUT2D eigenvalue weighted by atomic mass is 79.9. The quantitative estimate of drug-likeness (QED) is 0.183. The first kappa shape index (κ1) is 26.3. The average molecular weight is 583 g/mol. The number of carbonyl (C=O) groups excluding carboxylic acids is 1. The normalized spacial score (nSPS) is 10.7. The Morgan fingerprint density at radius 1 is 0.795 bits per heavy atom. The molecule has 0 aliphatic heterocycles. The maximum Gasteiger partial charge on any atom is 0.274 e. The second-order valence-corrected chi connectivity index (χ2v) is 9.59. The summed E-state index contributed by atoms with van der Waals surface area (Å²) in [5.41, 5.74) is 4.71. The molecule has 1 amide bonds. The van der Waals surface area contributed by atoms with E-state index < -0.39 is 0 Å². The number of aromatic nitrogens is 1. The van der Waals surface area contributed by atoms with Gasteiger partial charge < -0.3 is 19.3 Å². The molecular formula is C32H27BrN2O4. The van der Waals surface area contributed by atoms with Gasteiger partial charge in [-0.25, -0.2) is 0 Å². The zero-order valence-corrected chi connectivity index (χ0v) is 23.0. The molecule has 0 radical (unpaired) electrons. The summed E-state index contributed by atoms with van der Waals surface area (Å²) in [4.78, 5) is 12.6. The van der Waals surface area contributed by atoms with Crippen LogP contribution < -0.4 is 14.8 Å². The highest BCUT2D eigenvalue weighted by Crippen LogP contribution is 2.44. The number of nitrogens with one attached hydrogen (secondary N) is 1. The standard InChI is InChI=1S/C32H27BrN2O4/c1-2-34-32(36)30-29(33)31(39-35-30)26-18-25(24-16-10-5-11-17-24)27(37-20-22-12-6-3-7-13-22)19-28(26)38-21-23-14-8-4-9-15-23/h3-19H,2,20-21H2,1H3,(H,34,36). The lowest BCUT2D eigenvalue weighted by Crippen LogP contribution is -2.23. The fraction of sp³-hybridized carbons (Fsp3) is 0.125. The minimum absolute atomic E-state index is 0.173. The molecule has 1 heterocycles. The van der Waals surface area contributed by atoms with Crippen molar-refractivity contribution in [1.29, 1.82) is 0 Å². The predicted molar refractivity (Wildman–Crippen MR) is 155 cm³/mol. The second kappa shape index (κ2) is 12.5. The van der Waals surface area contributed by atoms with E-state index in [1.165, 1.54) is 0 Å². The number of amides is 1. The Hall–Kier alpha value is -4.36. The topological polar surface area (TPSA) is 73.6 Å². The summed E-state index contributed by atoms with van der Waals surface area (Å²) < 4.78 is 18.9. The second-order valence-electron chi connectivity index (χ2n) is 8.79. The van der Waals surface area contributed by atoms with Gasteiger partial charge in [-0.1, -0.05) is 96.2 Å². The molecule has 0 saturated carbocycles. The molecule has 1 N–H and O–H groups in total. The Bertz CT molecular complexity index is 1540. The van der Waals surface area contributed by atoms with Crippen LogP contribution in [0.4, 0.5) is 0 Å². The molecule has 4 aromatic carbocycles. The molecule has 0 fully saturated rings. The van der Waals surface area contributed by atoms with Crippen LogP contribution in [-0.4, -0.2) is 17.6 Å². The van der Waals surface area contributed by atoms with Gasteiger partial charge in [0.25, 0.3) is 5.91 Å². The van der Waals surface area contributed by atoms with E-state index in [-0.39, 0.29) is 11.6 Å². The molecule has 0 unspecified atom stereocenters. The Morgan fingerprint density at radius 3 is 1.90 bits per heavy atom. The zero-order valence-electron chi connectivity index (χ0n) is 21.4. The number of halogens is 1. The molecule has 0 spiro atoms. The Kier molecular flexibility index (Phi) is 8.39. The first-order valence-electron chi connectivity index (χ1n) is 12.6. The van der Waals surface area contributed by atoms with Gasteiger partial charge in [0.1, 0.15) is 24.7 Å². The molecular weight excluding hydrogens is 556 g/mol. The predicted octanol–water partition coefficient (Wildman–Crippen LogP) is 7.68. The van der Waals surface area contributed by atoms with E-state index in [9.17, 15) is 4.79 Å². The molecule has 6 nitrogen and oxygen atoms in total. The molecule has 196 valence electrons. The molecule has 1 aromatic heterocycles. The van der Waals surface area contributed by atoms with E-state index in [0.717, 1.165) is 22.3 Å². The van der Waals surface area contributed by atoms with Crippen molar-refractivity contribution in [3.05, 3.63) is 124 Å². The van der Waals surface area contributed by atoms with Crippen molar-refractivity contribution in [2.24, 2.45) is 0 Å². The molecule has 0 bridgehead atoms. The molecule has 0 aliphatic rings. The third-order valence-corrected chi connectivity index (χ3v) is 6.81. The van der Waals surface area contributed by atoms with Crippen LogP contribution in [0.15, 0.2) is 112 Å². The largest absolute Gasteiger partial charge is 0.488 e. The fourth-order valence-electron chi connectivity index (χ4n) is 4.12. The van der Waals surface area contributed by atoms with Crippen LogP contribution in [0.1, 0.15) is 28.5 Å². The Balaban J connectivity index is 1.61. The molecule has 5 rings (SSSR count). The zero-order chi connectivity index (χ0) is 27.0. The van der Waals surface area contributed by atoms with E-state index in [0.29, 0.717) is 47.1 Å². The van der Waals surface area contributed by atoms with Gasteiger partial charge in [-0.3, -0.25) is 4.79 Å². The number of ether oxygens (including phenoxy) is 2. The fourth-order valence-corrected chi connectivity index (χ4v) is 4.66. The van der Waals surface area contributed by atoms with Crippen LogP contribution in [0.2, 0.25) is 0 Å². The number of carbonyl (C=O) groups is 1. The van der Waals surface area contributed by atoms with E-state index in [2.05, 4.69) is 26.4 Å². The number of hydrogen-bond acceptors (Lipinski definition) is 5. The van der Waals surface area contributed by atoms with Crippen LogP contribution in [0, 0.1) is 0 Å². The Morgan fingerprint density at radius 2 is 1.33 bits per heavy atom. The lowest BCUT2D eigenvalue weighted by atomic mass is 9.99. The number of hydrogen-bond donors (Lipinski definition) is 1. The van der Waals surface area contributed by atoms with Gasteiger partial charge in [-0.2, -0.15) is 0 Å². The SMILES string of the molecule is CCNC(=O)c1noc(-c2cc(-c3ccccc3)c(OCc3ccccc3)cc2OCc2ccccc2)c1Br. The highest BCUT2D eigenvalue weighted by Gasteiger charge is 2.25. The van der Waals surface area contributed by atoms with Crippen LogP contribution in [0.3, 0.4) is 0 Å². The Labute approximate surface area is 235 Å². The van der Waals surface area contributed by atoms with Crippen LogP contribution >= 0.6 is 15.9 Å². The smallest absolute Gasteiger partial charge is 0.274 e. The van der Waals surface area contributed by atoms with Crippen molar-refractivity contribution in [2.45, 2.75) is 20.1 Å². The lowest BCUT2D eigenvalue weighted by Gasteiger charge is -2.17. The highest BCUT2D eigenvalue weighted by molar-refractivity contribution is 9.10. The first-order chi connectivity index (χ1) is 19.1. The van der Waals surface area contributed by atoms with E-state index in [1.54, 1.807) is 0 Å². The molecule has 7 heteroatoms. The average Bonchev–Trinajstić information content (AvgIpc) is 3.37. The molecule has 0 saturated heterocycles. The summed E-state index contributed by atoms with van der Waals surface area (Å²) in [6.45, 7) is 3.06. The molecule has 39 heavy (non-hydrogen) atoms. The van der Waals surface area contributed by atoms with Gasteiger partial charge in [0.2, 0.25) is 0 Å². The first-order valence-corrected chi connectivity index (χ1v) is 13.4. The summed E-state index contributed by atoms with van der Waals surface area (Å²) in [5, 5.41) is 6.81. The van der Waals surface area contributed by atoms with Crippen molar-refractivity contribution in [3.8, 4) is 33.9 Å². The third kappa shape index (κ3) is 6.21. The van der Waals surface area contributed by atoms with E-state index in [1.807, 2.05) is 110 Å². The number of rotatable bonds is 10. The van der Waals surface area contributed by atoms with Crippen molar-refractivity contribution in [3.63, 3.8) is 0 Å². The monoisotopic (exact) mass is 582 g/mol. The lowest BCUT2D eigenvalue weighted by molar-refractivity contribution is 0.0946. The maximum atomic E-state index is 12.6. The van der Waals surface area contributed by atoms with Crippen LogP contribution in [-0.2, 0) is 13.2 Å². The van der Waals surface area contributed by atoms with Gasteiger partial charge in [0.15, 0.2) is 11.5 Å². The van der Waals surface area contributed by atoms with Gasteiger partial charge in [0.05, 0.1) is 10.0 Å². The molecule has 0 atom stereocenters. The van der Waals surface area contributed by atoms with Gasteiger partial charge in [0, 0.05) is 18.2 Å². The van der Waals surface area contributed by atoms with Crippen LogP contribution in [0.25, 0.3) is 22.5 Å². The molecule has 5 aromatic rings. The van der Waals surface area contributed by atoms with E-state index in [4.69, 9.17) is 14.0 Å². The van der Waals surface area contributed by atoms with Crippen molar-refractivity contribution >= 4 is 21.8 Å². The number of benzene rings is 4. The van der Waals surface area contributed by atoms with Gasteiger partial charge in [-0.05, 0) is 45.6 Å².